The van der Waals surface area contributed by atoms with E-state index in [9.17, 15) is 4.79 Å². The van der Waals surface area contributed by atoms with Crippen LogP contribution in [0, 0.1) is 5.92 Å². The molecule has 1 aliphatic rings. The Bertz CT molecular complexity index is 392. The first-order valence-corrected chi connectivity index (χ1v) is 8.40. The van der Waals surface area contributed by atoms with Crippen LogP contribution >= 0.6 is 0 Å². The predicted octanol–water partition coefficient (Wildman–Crippen LogP) is 1.02. The molecule has 0 aromatic rings. The number of aliphatic imine (C=N–C) groups is 1. The molecular formula is C16H33N5O2. The maximum absolute atomic E-state index is 11.5. The monoisotopic (exact) mass is 327 g/mol. The van der Waals surface area contributed by atoms with E-state index in [-0.39, 0.29) is 0 Å². The summed E-state index contributed by atoms with van der Waals surface area (Å²) >= 11 is 0. The van der Waals surface area contributed by atoms with Crippen molar-refractivity contribution in [2.24, 2.45) is 10.9 Å². The Balaban J connectivity index is 2.15. The molecule has 7 nitrogen and oxygen atoms in total. The van der Waals surface area contributed by atoms with E-state index >= 15 is 0 Å². The number of guanidine groups is 1. The van der Waals surface area contributed by atoms with Gasteiger partial charge in [-0.15, -0.1) is 0 Å². The maximum Gasteiger partial charge on any atom is 0.407 e. The number of nitrogens with one attached hydrogen (secondary N) is 3. The van der Waals surface area contributed by atoms with Crippen LogP contribution in [-0.4, -0.2) is 69.4 Å². The Morgan fingerprint density at radius 2 is 1.96 bits per heavy atom. The molecule has 1 amide bonds. The summed E-state index contributed by atoms with van der Waals surface area (Å²) < 4.78 is 5.18. The van der Waals surface area contributed by atoms with E-state index in [4.69, 9.17) is 4.74 Å². The zero-order valence-electron chi connectivity index (χ0n) is 15.2. The highest BCUT2D eigenvalue weighted by molar-refractivity contribution is 5.79. The third-order valence-corrected chi connectivity index (χ3v) is 3.59. The lowest BCUT2D eigenvalue weighted by molar-refractivity contribution is 0.0529. The largest absolute Gasteiger partial charge is 0.444 e. The molecule has 0 radical (unpaired) electrons. The molecule has 1 fully saturated rings. The summed E-state index contributed by atoms with van der Waals surface area (Å²) in [5.74, 6) is 1.43. The van der Waals surface area contributed by atoms with E-state index in [1.807, 2.05) is 20.8 Å². The summed E-state index contributed by atoms with van der Waals surface area (Å²) in [6.45, 7) is 9.87. The average Bonchev–Trinajstić information content (AvgIpc) is 2.44. The minimum absolute atomic E-state index is 0.396. The normalized spacial score (nSPS) is 20.0. The summed E-state index contributed by atoms with van der Waals surface area (Å²) in [4.78, 5) is 18.1. The minimum atomic E-state index is -0.470. The third kappa shape index (κ3) is 9.28. The number of carbonyl (C=O) groups excluding carboxylic acids is 1. The summed E-state index contributed by atoms with van der Waals surface area (Å²) in [5, 5.41) is 9.26. The van der Waals surface area contributed by atoms with E-state index in [0.717, 1.165) is 19.0 Å². The highest BCUT2D eigenvalue weighted by Gasteiger charge is 2.17. The molecule has 1 unspecified atom stereocenters. The molecule has 0 aromatic carbocycles. The summed E-state index contributed by atoms with van der Waals surface area (Å²) in [6, 6.07) is 0. The van der Waals surface area contributed by atoms with Crippen LogP contribution < -0.4 is 16.0 Å². The number of alkyl carbamates (subject to hydrolysis) is 1. The number of nitrogens with zero attached hydrogens (tertiary/aromatic N) is 2. The summed E-state index contributed by atoms with van der Waals surface area (Å²) in [6.07, 6.45) is 2.12. The number of ether oxygens (including phenoxy) is 1. The van der Waals surface area contributed by atoms with Crippen molar-refractivity contribution in [3.63, 3.8) is 0 Å². The fourth-order valence-electron chi connectivity index (χ4n) is 2.56. The molecule has 3 N–H and O–H groups in total. The Labute approximate surface area is 140 Å². The van der Waals surface area contributed by atoms with Gasteiger partial charge in [-0.05, 0) is 53.1 Å². The van der Waals surface area contributed by atoms with Gasteiger partial charge in [0.25, 0.3) is 0 Å². The molecular weight excluding hydrogens is 294 g/mol. The SMILES string of the molecule is CN=C(NCCNC(=O)OC(C)(C)C)NCC1CCCN(C)C1. The molecule has 0 spiro atoms. The van der Waals surface area contributed by atoms with Crippen LogP contribution in [0.2, 0.25) is 0 Å². The van der Waals surface area contributed by atoms with Crippen molar-refractivity contribution in [2.75, 3.05) is 46.8 Å². The standard InChI is InChI=1S/C16H33N5O2/c1-16(2,3)23-15(22)19-9-8-18-14(17-4)20-11-13-7-6-10-21(5)12-13/h13H,6-12H2,1-5H3,(H,19,22)(H2,17,18,20). The van der Waals surface area contributed by atoms with Crippen molar-refractivity contribution < 1.29 is 9.53 Å². The van der Waals surface area contributed by atoms with Gasteiger partial charge in [-0.3, -0.25) is 4.99 Å². The highest BCUT2D eigenvalue weighted by Crippen LogP contribution is 2.13. The van der Waals surface area contributed by atoms with Crippen molar-refractivity contribution in [2.45, 2.75) is 39.2 Å². The molecule has 0 aliphatic carbocycles. The zero-order chi connectivity index (χ0) is 17.3. The van der Waals surface area contributed by atoms with E-state index in [0.29, 0.717) is 19.0 Å². The fraction of sp³-hybridized carbons (Fsp3) is 0.875. The highest BCUT2D eigenvalue weighted by atomic mass is 16.6. The van der Waals surface area contributed by atoms with Crippen LogP contribution in [-0.2, 0) is 4.74 Å². The van der Waals surface area contributed by atoms with E-state index < -0.39 is 11.7 Å². The molecule has 0 bridgehead atoms. The van der Waals surface area contributed by atoms with Crippen molar-refractivity contribution >= 4 is 12.1 Å². The predicted molar refractivity (Wildman–Crippen MR) is 93.8 cm³/mol. The first-order valence-electron chi connectivity index (χ1n) is 8.40. The second-order valence-corrected chi connectivity index (χ2v) is 7.08. The number of amides is 1. The number of likely N-dealkylation sites (tertiary alicyclic amines) is 1. The van der Waals surface area contributed by atoms with Gasteiger partial charge < -0.3 is 25.6 Å². The van der Waals surface area contributed by atoms with E-state index in [2.05, 4.69) is 32.9 Å². The molecule has 134 valence electrons. The van der Waals surface area contributed by atoms with Crippen molar-refractivity contribution in [3.05, 3.63) is 0 Å². The zero-order valence-corrected chi connectivity index (χ0v) is 15.2. The quantitative estimate of drug-likeness (QED) is 0.399. The second kappa shape index (κ2) is 9.60. The molecule has 1 atom stereocenters. The first-order chi connectivity index (χ1) is 10.8. The van der Waals surface area contributed by atoms with Gasteiger partial charge in [-0.25, -0.2) is 4.79 Å². The molecule has 1 rings (SSSR count). The second-order valence-electron chi connectivity index (χ2n) is 7.08. The smallest absolute Gasteiger partial charge is 0.407 e. The topological polar surface area (TPSA) is 78.0 Å². The number of hydrogen-bond donors (Lipinski definition) is 3. The van der Waals surface area contributed by atoms with Crippen molar-refractivity contribution in [3.8, 4) is 0 Å². The van der Waals surface area contributed by atoms with Gasteiger partial charge in [0.2, 0.25) is 0 Å². The number of rotatable bonds is 5. The Morgan fingerprint density at radius 3 is 2.57 bits per heavy atom. The van der Waals surface area contributed by atoms with Gasteiger partial charge in [-0.1, -0.05) is 0 Å². The van der Waals surface area contributed by atoms with Gasteiger partial charge in [0.15, 0.2) is 5.96 Å². The number of hydrogen-bond acceptors (Lipinski definition) is 4. The van der Waals surface area contributed by atoms with Gasteiger partial charge in [-0.2, -0.15) is 0 Å². The number of carbonyl (C=O) groups is 1. The summed E-state index contributed by atoms with van der Waals surface area (Å²) in [7, 11) is 3.92. The van der Waals surface area contributed by atoms with Crippen molar-refractivity contribution in [1.29, 1.82) is 0 Å². The minimum Gasteiger partial charge on any atom is -0.444 e. The van der Waals surface area contributed by atoms with Gasteiger partial charge in [0.05, 0.1) is 0 Å². The van der Waals surface area contributed by atoms with Crippen LogP contribution in [0.5, 0.6) is 0 Å². The molecule has 0 aromatic heterocycles. The fourth-order valence-corrected chi connectivity index (χ4v) is 2.56. The molecule has 1 heterocycles. The summed E-state index contributed by atoms with van der Waals surface area (Å²) in [5.41, 5.74) is -0.470. The lowest BCUT2D eigenvalue weighted by Gasteiger charge is -2.30. The van der Waals surface area contributed by atoms with Crippen LogP contribution in [0.4, 0.5) is 4.79 Å². The van der Waals surface area contributed by atoms with Crippen LogP contribution in [0.1, 0.15) is 33.6 Å². The van der Waals surface area contributed by atoms with E-state index in [1.165, 1.54) is 19.4 Å². The first kappa shape index (κ1) is 19.5. The average molecular weight is 327 g/mol. The Morgan fingerprint density at radius 1 is 1.26 bits per heavy atom. The third-order valence-electron chi connectivity index (χ3n) is 3.59. The van der Waals surface area contributed by atoms with Gasteiger partial charge >= 0.3 is 6.09 Å². The van der Waals surface area contributed by atoms with Crippen LogP contribution in [0.3, 0.4) is 0 Å². The molecule has 1 aliphatic heterocycles. The van der Waals surface area contributed by atoms with Gasteiger partial charge in [0.1, 0.15) is 5.60 Å². The lowest BCUT2D eigenvalue weighted by Crippen LogP contribution is -2.45. The molecule has 1 saturated heterocycles. The molecule has 23 heavy (non-hydrogen) atoms. The van der Waals surface area contributed by atoms with Crippen molar-refractivity contribution in [1.82, 2.24) is 20.9 Å². The van der Waals surface area contributed by atoms with E-state index in [1.54, 1.807) is 7.05 Å². The number of piperidine rings is 1. The molecule has 0 saturated carbocycles. The van der Waals surface area contributed by atoms with Crippen LogP contribution in [0.25, 0.3) is 0 Å². The maximum atomic E-state index is 11.5. The van der Waals surface area contributed by atoms with Crippen LogP contribution in [0.15, 0.2) is 4.99 Å². The van der Waals surface area contributed by atoms with Gasteiger partial charge in [0, 0.05) is 33.2 Å². The Kier molecular flexibility index (Phi) is 8.16. The molecule has 7 heteroatoms. The lowest BCUT2D eigenvalue weighted by atomic mass is 9.99. The Hall–Kier alpha value is -1.50.